The minimum atomic E-state index is -3.78. The molecule has 0 radical (unpaired) electrons. The summed E-state index contributed by atoms with van der Waals surface area (Å²) in [4.78, 5) is 14.6. The molecule has 0 aliphatic rings. The molecule has 0 saturated carbocycles. The number of aryl methyl sites for hydroxylation is 1. The van der Waals surface area contributed by atoms with Gasteiger partial charge in [-0.05, 0) is 25.1 Å². The highest BCUT2D eigenvalue weighted by atomic mass is 35.5. The normalized spacial score (nSPS) is 11.5. The van der Waals surface area contributed by atoms with Gasteiger partial charge in [0.05, 0.1) is 11.4 Å². The van der Waals surface area contributed by atoms with Crippen LogP contribution in [0.3, 0.4) is 0 Å². The molecule has 6 nitrogen and oxygen atoms in total. The molecule has 1 aromatic carbocycles. The van der Waals surface area contributed by atoms with Gasteiger partial charge in [-0.15, -0.1) is 0 Å². The van der Waals surface area contributed by atoms with Gasteiger partial charge in [-0.3, -0.25) is 4.79 Å². The van der Waals surface area contributed by atoms with Crippen molar-refractivity contribution < 1.29 is 22.7 Å². The Hall–Kier alpha value is -1.86. The van der Waals surface area contributed by atoms with Gasteiger partial charge in [0, 0.05) is 10.6 Å². The third-order valence-electron chi connectivity index (χ3n) is 2.66. The van der Waals surface area contributed by atoms with Gasteiger partial charge < -0.3 is 9.52 Å². The first-order chi connectivity index (χ1) is 9.77. The van der Waals surface area contributed by atoms with Crippen LogP contribution in [0.1, 0.15) is 11.5 Å². The molecule has 2 aromatic rings. The first-order valence-corrected chi connectivity index (χ1v) is 8.11. The molecule has 8 heteroatoms. The first-order valence-electron chi connectivity index (χ1n) is 5.91. The number of halogens is 1. The zero-order chi connectivity index (χ0) is 15.6. The van der Waals surface area contributed by atoms with E-state index in [-0.39, 0.29) is 11.6 Å². The summed E-state index contributed by atoms with van der Waals surface area (Å²) < 4.78 is 28.8. The number of hydrogen-bond acceptors (Lipinski definition) is 5. The zero-order valence-electron chi connectivity index (χ0n) is 11.0. The number of nitrogens with zero attached hydrogens (tertiary/aromatic N) is 1. The van der Waals surface area contributed by atoms with E-state index in [4.69, 9.17) is 21.1 Å². The molecule has 0 fully saturated rings. The quantitative estimate of drug-likeness (QED) is 0.903. The van der Waals surface area contributed by atoms with Gasteiger partial charge >= 0.3 is 5.97 Å². The van der Waals surface area contributed by atoms with Gasteiger partial charge in [-0.25, -0.2) is 13.4 Å². The van der Waals surface area contributed by atoms with Crippen molar-refractivity contribution in [2.24, 2.45) is 0 Å². The fourth-order valence-electron chi connectivity index (χ4n) is 1.75. The Balaban J connectivity index is 2.30. The maximum absolute atomic E-state index is 11.7. The number of aromatic nitrogens is 1. The number of aliphatic carboxylic acids is 1. The summed E-state index contributed by atoms with van der Waals surface area (Å²) in [5, 5.41) is 9.08. The van der Waals surface area contributed by atoms with Crippen LogP contribution in [-0.4, -0.2) is 30.2 Å². The highest BCUT2D eigenvalue weighted by molar-refractivity contribution is 7.91. The lowest BCUT2D eigenvalue weighted by atomic mass is 10.2. The summed E-state index contributed by atoms with van der Waals surface area (Å²) in [6.07, 6.45) is 0. The van der Waals surface area contributed by atoms with Crippen LogP contribution in [0.5, 0.6) is 0 Å². The van der Waals surface area contributed by atoms with Crippen molar-refractivity contribution in [3.8, 4) is 11.5 Å². The van der Waals surface area contributed by atoms with E-state index in [1.807, 2.05) is 0 Å². The van der Waals surface area contributed by atoms with Gasteiger partial charge in [-0.2, -0.15) is 0 Å². The maximum Gasteiger partial charge on any atom is 0.318 e. The van der Waals surface area contributed by atoms with E-state index >= 15 is 0 Å². The van der Waals surface area contributed by atoms with E-state index in [9.17, 15) is 13.2 Å². The van der Waals surface area contributed by atoms with Crippen LogP contribution in [-0.2, 0) is 20.4 Å². The molecular weight excluding hydrogens is 318 g/mol. The molecule has 0 saturated heterocycles. The highest BCUT2D eigenvalue weighted by Gasteiger charge is 2.21. The number of oxazole rings is 1. The van der Waals surface area contributed by atoms with E-state index < -0.39 is 27.3 Å². The van der Waals surface area contributed by atoms with Crippen LogP contribution in [0, 0.1) is 6.92 Å². The molecule has 0 aliphatic carbocycles. The Morgan fingerprint density at radius 3 is 2.76 bits per heavy atom. The summed E-state index contributed by atoms with van der Waals surface area (Å²) in [5.74, 6) is -2.23. The number of rotatable bonds is 5. The lowest BCUT2D eigenvalue weighted by Crippen LogP contribution is -2.17. The molecule has 112 valence electrons. The summed E-state index contributed by atoms with van der Waals surface area (Å²) in [6.45, 7) is 1.58. The van der Waals surface area contributed by atoms with Crippen molar-refractivity contribution in [3.05, 3.63) is 40.7 Å². The smallest absolute Gasteiger partial charge is 0.318 e. The van der Waals surface area contributed by atoms with Crippen molar-refractivity contribution in [2.75, 3.05) is 5.75 Å². The monoisotopic (exact) mass is 329 g/mol. The Morgan fingerprint density at radius 1 is 1.43 bits per heavy atom. The standard InChI is InChI=1S/C13H12ClNO5S/c1-8-11(6-21(18,19)7-12(16)17)15-13(20-8)9-3-2-4-10(14)5-9/h2-5H,6-7H2,1H3,(H,16,17). The minimum Gasteiger partial charge on any atom is -0.480 e. The van der Waals surface area contributed by atoms with E-state index in [1.54, 1.807) is 31.2 Å². The van der Waals surface area contributed by atoms with Crippen LogP contribution >= 0.6 is 11.6 Å². The Kier molecular flexibility index (Phi) is 4.34. The van der Waals surface area contributed by atoms with Crippen LogP contribution in [0.25, 0.3) is 11.5 Å². The SMILES string of the molecule is Cc1oc(-c2cccc(Cl)c2)nc1CS(=O)(=O)CC(=O)O. The van der Waals surface area contributed by atoms with Crippen LogP contribution in [0.15, 0.2) is 28.7 Å². The number of carboxylic acid groups (broad SMARTS) is 1. The van der Waals surface area contributed by atoms with Gasteiger partial charge in [0.15, 0.2) is 9.84 Å². The summed E-state index contributed by atoms with van der Waals surface area (Å²) >= 11 is 5.87. The molecular formula is C13H12ClNO5S. The molecule has 0 spiro atoms. The van der Waals surface area contributed by atoms with Crippen LogP contribution in [0.2, 0.25) is 5.02 Å². The number of hydrogen-bond donors (Lipinski definition) is 1. The first kappa shape index (κ1) is 15.5. The Morgan fingerprint density at radius 2 is 2.14 bits per heavy atom. The molecule has 0 aliphatic heterocycles. The molecule has 2 rings (SSSR count). The Bertz CT molecular complexity index is 782. The summed E-state index contributed by atoms with van der Waals surface area (Å²) in [7, 11) is -3.78. The highest BCUT2D eigenvalue weighted by Crippen LogP contribution is 2.25. The molecule has 0 unspecified atom stereocenters. The van der Waals surface area contributed by atoms with Crippen molar-refractivity contribution in [1.29, 1.82) is 0 Å². The number of benzene rings is 1. The molecule has 0 atom stereocenters. The minimum absolute atomic E-state index is 0.200. The predicted molar refractivity (Wildman–Crippen MR) is 76.8 cm³/mol. The topological polar surface area (TPSA) is 97.5 Å². The average Bonchev–Trinajstić information content (AvgIpc) is 2.68. The lowest BCUT2D eigenvalue weighted by molar-refractivity contribution is -0.134. The van der Waals surface area contributed by atoms with Gasteiger partial charge in [0.2, 0.25) is 5.89 Å². The fourth-order valence-corrected chi connectivity index (χ4v) is 3.11. The third kappa shape index (κ3) is 4.05. The zero-order valence-corrected chi connectivity index (χ0v) is 12.6. The van der Waals surface area contributed by atoms with Crippen molar-refractivity contribution in [2.45, 2.75) is 12.7 Å². The second-order valence-electron chi connectivity index (χ2n) is 4.46. The van der Waals surface area contributed by atoms with Crippen molar-refractivity contribution in [3.63, 3.8) is 0 Å². The maximum atomic E-state index is 11.7. The van der Waals surface area contributed by atoms with Gasteiger partial charge in [-0.1, -0.05) is 17.7 Å². The largest absolute Gasteiger partial charge is 0.480 e. The predicted octanol–water partition coefficient (Wildman–Crippen LogP) is 2.30. The molecule has 0 bridgehead atoms. The van der Waals surface area contributed by atoms with E-state index in [0.29, 0.717) is 16.3 Å². The van der Waals surface area contributed by atoms with Crippen LogP contribution in [0.4, 0.5) is 0 Å². The second kappa shape index (κ2) is 5.87. The molecule has 1 aromatic heterocycles. The van der Waals surface area contributed by atoms with Crippen LogP contribution < -0.4 is 0 Å². The summed E-state index contributed by atoms with van der Waals surface area (Å²) in [6, 6.07) is 6.78. The van der Waals surface area contributed by atoms with Gasteiger partial charge in [0.25, 0.3) is 0 Å². The molecule has 1 heterocycles. The number of carbonyl (C=O) groups is 1. The van der Waals surface area contributed by atoms with Crippen molar-refractivity contribution >= 4 is 27.4 Å². The van der Waals surface area contributed by atoms with E-state index in [1.165, 1.54) is 0 Å². The molecule has 1 N–H and O–H groups in total. The lowest BCUT2D eigenvalue weighted by Gasteiger charge is -1.98. The van der Waals surface area contributed by atoms with E-state index in [0.717, 1.165) is 0 Å². The number of carboxylic acids is 1. The molecule has 0 amide bonds. The Labute approximate surface area is 126 Å². The average molecular weight is 330 g/mol. The van der Waals surface area contributed by atoms with E-state index in [2.05, 4.69) is 4.98 Å². The molecule has 21 heavy (non-hydrogen) atoms. The number of sulfone groups is 1. The van der Waals surface area contributed by atoms with Crippen molar-refractivity contribution in [1.82, 2.24) is 4.98 Å². The van der Waals surface area contributed by atoms with Gasteiger partial charge in [0.1, 0.15) is 11.5 Å². The second-order valence-corrected chi connectivity index (χ2v) is 6.96. The third-order valence-corrected chi connectivity index (χ3v) is 4.30. The summed E-state index contributed by atoms with van der Waals surface area (Å²) in [5.41, 5.74) is 0.818. The fraction of sp³-hybridized carbons (Fsp3) is 0.231.